The summed E-state index contributed by atoms with van der Waals surface area (Å²) in [5.41, 5.74) is 0.869. The lowest BCUT2D eigenvalue weighted by molar-refractivity contribution is 0.0694. The molecule has 3 aromatic carbocycles. The van der Waals surface area contributed by atoms with E-state index in [0.29, 0.717) is 5.69 Å². The number of aryl methyl sites for hydroxylation is 1. The van der Waals surface area contributed by atoms with Gasteiger partial charge in [-0.2, -0.15) is 0 Å². The van der Waals surface area contributed by atoms with Crippen molar-refractivity contribution in [3.8, 4) is 5.75 Å². The zero-order valence-corrected chi connectivity index (χ0v) is 14.0. The van der Waals surface area contributed by atoms with Gasteiger partial charge in [0.15, 0.2) is 0 Å². The van der Waals surface area contributed by atoms with Crippen LogP contribution in [0.5, 0.6) is 5.75 Å². The molecule has 0 fully saturated rings. The summed E-state index contributed by atoms with van der Waals surface area (Å²) in [5, 5.41) is 19.8. The Kier molecular flexibility index (Phi) is 4.10. The fourth-order valence-electron chi connectivity index (χ4n) is 2.54. The number of benzene rings is 3. The second-order valence-corrected chi connectivity index (χ2v) is 7.24. The van der Waals surface area contributed by atoms with Gasteiger partial charge in [-0.3, -0.25) is 4.72 Å². The number of hydrogen-bond donors (Lipinski definition) is 3. The van der Waals surface area contributed by atoms with Crippen molar-refractivity contribution < 1.29 is 23.4 Å². The Bertz CT molecular complexity index is 1070. The molecular weight excluding hydrogens is 342 g/mol. The van der Waals surface area contributed by atoms with Crippen LogP contribution in [0.25, 0.3) is 10.8 Å². The highest BCUT2D eigenvalue weighted by atomic mass is 32.2. The topological polar surface area (TPSA) is 104 Å². The molecule has 3 N–H and O–H groups in total. The highest BCUT2D eigenvalue weighted by Gasteiger charge is 2.24. The van der Waals surface area contributed by atoms with E-state index in [9.17, 15) is 23.4 Å². The normalized spacial score (nSPS) is 11.4. The Morgan fingerprint density at radius 1 is 1.00 bits per heavy atom. The second kappa shape index (κ2) is 6.10. The lowest BCUT2D eigenvalue weighted by Gasteiger charge is -2.13. The summed E-state index contributed by atoms with van der Waals surface area (Å²) in [4.78, 5) is 11.2. The average Bonchev–Trinajstić information content (AvgIpc) is 2.57. The average molecular weight is 357 g/mol. The summed E-state index contributed by atoms with van der Waals surface area (Å²) in [6, 6.07) is 13.9. The van der Waals surface area contributed by atoms with Crippen LogP contribution in [0.1, 0.15) is 15.9 Å². The molecule has 0 aromatic heterocycles. The van der Waals surface area contributed by atoms with Crippen molar-refractivity contribution >= 4 is 32.5 Å². The molecule has 0 amide bonds. The fraction of sp³-hybridized carbons (Fsp3) is 0.0556. The van der Waals surface area contributed by atoms with Gasteiger partial charge in [0, 0.05) is 16.5 Å². The lowest BCUT2D eigenvalue weighted by atomic mass is 10.1. The number of hydrogen-bond acceptors (Lipinski definition) is 4. The first-order valence-corrected chi connectivity index (χ1v) is 8.85. The van der Waals surface area contributed by atoms with Gasteiger partial charge in [-0.25, -0.2) is 13.2 Å². The molecule has 0 aliphatic carbocycles. The van der Waals surface area contributed by atoms with Crippen LogP contribution in [0.3, 0.4) is 0 Å². The maximum Gasteiger partial charge on any atom is 0.339 e. The summed E-state index contributed by atoms with van der Waals surface area (Å²) in [6.07, 6.45) is 0. The fourth-order valence-corrected chi connectivity index (χ4v) is 3.84. The Morgan fingerprint density at radius 2 is 1.60 bits per heavy atom. The number of phenols is 1. The quantitative estimate of drug-likeness (QED) is 0.664. The van der Waals surface area contributed by atoms with E-state index in [1.165, 1.54) is 12.1 Å². The zero-order valence-electron chi connectivity index (χ0n) is 13.2. The Labute approximate surface area is 144 Å². The van der Waals surface area contributed by atoms with E-state index in [1.54, 1.807) is 36.4 Å². The number of carbonyl (C=O) groups is 1. The number of anilines is 1. The van der Waals surface area contributed by atoms with Gasteiger partial charge in [0.2, 0.25) is 0 Å². The van der Waals surface area contributed by atoms with E-state index in [4.69, 9.17) is 0 Å². The monoisotopic (exact) mass is 357 g/mol. The van der Waals surface area contributed by atoms with Crippen LogP contribution >= 0.6 is 0 Å². The number of sulfonamides is 1. The predicted octanol–water partition coefficient (Wildman–Crippen LogP) is 3.35. The maximum atomic E-state index is 12.8. The highest BCUT2D eigenvalue weighted by Crippen LogP contribution is 2.34. The molecular formula is C18H15NO5S. The second-order valence-electron chi connectivity index (χ2n) is 5.59. The van der Waals surface area contributed by atoms with Gasteiger partial charge in [0.1, 0.15) is 11.3 Å². The van der Waals surface area contributed by atoms with Gasteiger partial charge in [-0.05, 0) is 25.1 Å². The third kappa shape index (κ3) is 3.14. The predicted molar refractivity (Wildman–Crippen MR) is 94.6 cm³/mol. The van der Waals surface area contributed by atoms with Crippen LogP contribution in [-0.2, 0) is 10.0 Å². The molecule has 7 heteroatoms. The molecule has 0 unspecified atom stereocenters. The van der Waals surface area contributed by atoms with Crippen molar-refractivity contribution in [2.45, 2.75) is 11.8 Å². The molecule has 3 aromatic rings. The van der Waals surface area contributed by atoms with Crippen molar-refractivity contribution in [2.24, 2.45) is 0 Å². The molecule has 0 atom stereocenters. The Hall–Kier alpha value is -3.06. The molecule has 0 saturated heterocycles. The summed E-state index contributed by atoms with van der Waals surface area (Å²) in [6.45, 7) is 1.88. The molecule has 0 radical (unpaired) electrons. The summed E-state index contributed by atoms with van der Waals surface area (Å²) < 4.78 is 28.0. The van der Waals surface area contributed by atoms with Crippen LogP contribution in [0.4, 0.5) is 5.69 Å². The molecule has 3 rings (SSSR count). The smallest absolute Gasteiger partial charge is 0.339 e. The molecule has 6 nitrogen and oxygen atoms in total. The van der Waals surface area contributed by atoms with Gasteiger partial charge < -0.3 is 10.2 Å². The largest absolute Gasteiger partial charge is 0.506 e. The van der Waals surface area contributed by atoms with E-state index in [0.717, 1.165) is 11.6 Å². The lowest BCUT2D eigenvalue weighted by Crippen LogP contribution is -2.14. The van der Waals surface area contributed by atoms with E-state index in [1.807, 2.05) is 6.92 Å². The van der Waals surface area contributed by atoms with Gasteiger partial charge in [-0.15, -0.1) is 0 Å². The van der Waals surface area contributed by atoms with E-state index < -0.39 is 27.3 Å². The van der Waals surface area contributed by atoms with Gasteiger partial charge >= 0.3 is 5.97 Å². The van der Waals surface area contributed by atoms with Crippen LogP contribution in [0.2, 0.25) is 0 Å². The minimum atomic E-state index is -4.05. The molecule has 25 heavy (non-hydrogen) atoms. The van der Waals surface area contributed by atoms with Crippen LogP contribution in [0.15, 0.2) is 59.5 Å². The van der Waals surface area contributed by atoms with Gasteiger partial charge in [0.25, 0.3) is 10.0 Å². The zero-order chi connectivity index (χ0) is 18.2. The molecule has 128 valence electrons. The minimum absolute atomic E-state index is 0.159. The van der Waals surface area contributed by atoms with E-state index in [-0.39, 0.29) is 15.7 Å². The number of fused-ring (bicyclic) bond motifs is 1. The minimum Gasteiger partial charge on any atom is -0.506 e. The number of aromatic carboxylic acids is 1. The number of nitrogens with one attached hydrogen (secondary N) is 1. The molecule has 0 bridgehead atoms. The van der Waals surface area contributed by atoms with E-state index in [2.05, 4.69) is 4.72 Å². The summed E-state index contributed by atoms with van der Waals surface area (Å²) >= 11 is 0. The summed E-state index contributed by atoms with van der Waals surface area (Å²) in [7, 11) is -4.05. The van der Waals surface area contributed by atoms with Gasteiger partial charge in [0.05, 0.1) is 4.90 Å². The molecule has 0 aliphatic heterocycles. The van der Waals surface area contributed by atoms with Crippen LogP contribution < -0.4 is 4.72 Å². The van der Waals surface area contributed by atoms with Crippen LogP contribution in [-0.4, -0.2) is 24.6 Å². The number of carboxylic acid groups (broad SMARTS) is 1. The van der Waals surface area contributed by atoms with Crippen molar-refractivity contribution in [2.75, 3.05) is 4.72 Å². The maximum absolute atomic E-state index is 12.8. The Balaban J connectivity index is 2.21. The van der Waals surface area contributed by atoms with Crippen molar-refractivity contribution in [1.29, 1.82) is 0 Å². The van der Waals surface area contributed by atoms with Gasteiger partial charge in [-0.1, -0.05) is 42.0 Å². The van der Waals surface area contributed by atoms with Crippen LogP contribution in [0, 0.1) is 6.92 Å². The molecule has 0 aliphatic rings. The first-order valence-electron chi connectivity index (χ1n) is 7.37. The third-order valence-corrected chi connectivity index (χ3v) is 5.22. The van der Waals surface area contributed by atoms with Crippen molar-refractivity contribution in [1.82, 2.24) is 0 Å². The highest BCUT2D eigenvalue weighted by molar-refractivity contribution is 7.93. The summed E-state index contributed by atoms with van der Waals surface area (Å²) in [5.74, 6) is -1.87. The van der Waals surface area contributed by atoms with Crippen molar-refractivity contribution in [3.05, 3.63) is 65.7 Å². The first-order chi connectivity index (χ1) is 11.8. The molecule has 0 saturated carbocycles. The number of aromatic hydroxyl groups is 1. The Morgan fingerprint density at radius 3 is 2.20 bits per heavy atom. The third-order valence-electron chi connectivity index (χ3n) is 3.80. The standard InChI is InChI=1S/C18H15NO5S/c1-11-6-8-12(9-7-11)19-25(23,24)16-10-15(18(21)22)17(20)14-5-3-2-4-13(14)16/h2-10,19-20H,1H3,(H,21,22). The SMILES string of the molecule is Cc1ccc(NS(=O)(=O)c2cc(C(=O)O)c(O)c3ccccc23)cc1. The number of rotatable bonds is 4. The first kappa shape index (κ1) is 16.8. The molecule has 0 spiro atoms. The number of carboxylic acids is 1. The van der Waals surface area contributed by atoms with E-state index >= 15 is 0 Å². The molecule has 0 heterocycles. The van der Waals surface area contributed by atoms with Crippen molar-refractivity contribution in [3.63, 3.8) is 0 Å².